The predicted molar refractivity (Wildman–Crippen MR) is 108 cm³/mol. The number of benzene rings is 2. The third-order valence-electron chi connectivity index (χ3n) is 4.81. The van der Waals surface area contributed by atoms with Crippen LogP contribution in [0.4, 0.5) is 10.2 Å². The minimum atomic E-state index is -0.463. The van der Waals surface area contributed by atoms with Crippen molar-refractivity contribution in [2.75, 3.05) is 5.73 Å². The van der Waals surface area contributed by atoms with Crippen LogP contribution in [-0.4, -0.2) is 26.5 Å². The van der Waals surface area contributed by atoms with Gasteiger partial charge in [-0.05, 0) is 37.6 Å². The number of nitrogens with one attached hydrogen (secondary N) is 1. The minimum absolute atomic E-state index is 0.0350. The average molecular weight is 377 g/mol. The summed E-state index contributed by atoms with van der Waals surface area (Å²) in [7, 11) is 0. The number of hydrogen-bond acceptors (Lipinski definition) is 4. The maximum absolute atomic E-state index is 14.5. The number of carbonyl (C=O) groups excluding carboxylic acids is 1. The van der Waals surface area contributed by atoms with Gasteiger partial charge in [-0.15, -0.1) is 0 Å². The molecule has 3 N–H and O–H groups in total. The Morgan fingerprint density at radius 2 is 1.79 bits per heavy atom. The maximum Gasteiger partial charge on any atom is 0.257 e. The molecule has 1 amide bonds. The molecule has 1 atom stereocenters. The second kappa shape index (κ2) is 6.92. The van der Waals surface area contributed by atoms with E-state index < -0.39 is 5.82 Å². The van der Waals surface area contributed by atoms with Gasteiger partial charge in [0.25, 0.3) is 5.91 Å². The third kappa shape index (κ3) is 2.85. The Bertz CT molecular complexity index is 1200. The number of para-hydroxylation sites is 3. The SMILES string of the molecule is CCC(C)NC(=O)c1c(N)n(-c2ccccc2F)c2nc3ccccc3nc12. The highest BCUT2D eigenvalue weighted by Crippen LogP contribution is 2.31. The Morgan fingerprint density at radius 3 is 2.46 bits per heavy atom. The number of aromatic nitrogens is 3. The lowest BCUT2D eigenvalue weighted by atomic mass is 10.2. The van der Waals surface area contributed by atoms with Gasteiger partial charge in [-0.2, -0.15) is 0 Å². The fourth-order valence-corrected chi connectivity index (χ4v) is 3.16. The molecule has 142 valence electrons. The van der Waals surface area contributed by atoms with Crippen molar-refractivity contribution in [1.82, 2.24) is 19.9 Å². The predicted octanol–water partition coefficient (Wildman–Crippen LogP) is 3.82. The molecule has 0 aliphatic rings. The Labute approximate surface area is 161 Å². The van der Waals surface area contributed by atoms with Crippen LogP contribution in [0.25, 0.3) is 27.9 Å². The van der Waals surface area contributed by atoms with Crippen molar-refractivity contribution in [2.24, 2.45) is 0 Å². The molecular formula is C21H20FN5O. The van der Waals surface area contributed by atoms with Gasteiger partial charge in [-0.1, -0.05) is 31.2 Å². The monoisotopic (exact) mass is 377 g/mol. The summed E-state index contributed by atoms with van der Waals surface area (Å²) in [6.07, 6.45) is 0.770. The second-order valence-electron chi connectivity index (χ2n) is 6.71. The number of hydrogen-bond donors (Lipinski definition) is 2. The van der Waals surface area contributed by atoms with E-state index in [4.69, 9.17) is 5.73 Å². The third-order valence-corrected chi connectivity index (χ3v) is 4.81. The standard InChI is InChI=1S/C21H20FN5O/c1-3-12(2)24-21(28)17-18-20(26-15-10-6-5-9-14(15)25-18)27(19(17)23)16-11-7-4-8-13(16)22/h4-12H,3,23H2,1-2H3,(H,24,28). The molecule has 0 fully saturated rings. The van der Waals surface area contributed by atoms with Crippen LogP contribution in [0.5, 0.6) is 0 Å². The normalized spacial score (nSPS) is 12.4. The van der Waals surface area contributed by atoms with E-state index in [0.29, 0.717) is 22.2 Å². The van der Waals surface area contributed by atoms with Gasteiger partial charge in [0.2, 0.25) is 0 Å². The lowest BCUT2D eigenvalue weighted by Crippen LogP contribution is -2.32. The number of rotatable bonds is 4. The van der Waals surface area contributed by atoms with Gasteiger partial charge < -0.3 is 11.1 Å². The number of anilines is 1. The van der Waals surface area contributed by atoms with E-state index in [0.717, 1.165) is 6.42 Å². The lowest BCUT2D eigenvalue weighted by Gasteiger charge is -2.12. The van der Waals surface area contributed by atoms with Crippen molar-refractivity contribution in [3.8, 4) is 5.69 Å². The van der Waals surface area contributed by atoms with Crippen molar-refractivity contribution in [2.45, 2.75) is 26.3 Å². The molecule has 1 unspecified atom stereocenters. The first kappa shape index (κ1) is 17.9. The number of nitrogens with two attached hydrogens (primary N) is 1. The Morgan fingerprint density at radius 1 is 1.14 bits per heavy atom. The number of halogens is 1. The Hall–Kier alpha value is -3.48. The summed E-state index contributed by atoms with van der Waals surface area (Å²) in [6, 6.07) is 13.5. The number of carbonyl (C=O) groups is 1. The van der Waals surface area contributed by atoms with Crippen molar-refractivity contribution in [3.63, 3.8) is 0 Å². The highest BCUT2D eigenvalue weighted by Gasteiger charge is 2.26. The van der Waals surface area contributed by atoms with Crippen LogP contribution in [0.15, 0.2) is 48.5 Å². The molecular weight excluding hydrogens is 357 g/mol. The molecule has 2 aromatic heterocycles. The van der Waals surface area contributed by atoms with Crippen molar-refractivity contribution >= 4 is 33.9 Å². The number of nitrogen functional groups attached to an aromatic ring is 1. The van der Waals surface area contributed by atoms with Crippen LogP contribution in [0, 0.1) is 5.82 Å². The maximum atomic E-state index is 14.5. The van der Waals surface area contributed by atoms with Gasteiger partial charge in [0.1, 0.15) is 22.7 Å². The highest BCUT2D eigenvalue weighted by molar-refractivity contribution is 6.11. The van der Waals surface area contributed by atoms with Gasteiger partial charge in [-0.3, -0.25) is 9.36 Å². The number of fused-ring (bicyclic) bond motifs is 2. The summed E-state index contributed by atoms with van der Waals surface area (Å²) in [5.41, 5.74) is 8.74. The summed E-state index contributed by atoms with van der Waals surface area (Å²) >= 11 is 0. The van der Waals surface area contributed by atoms with Gasteiger partial charge in [0.05, 0.1) is 16.7 Å². The van der Waals surface area contributed by atoms with Crippen LogP contribution in [0.2, 0.25) is 0 Å². The molecule has 0 aliphatic carbocycles. The molecule has 0 saturated heterocycles. The summed E-state index contributed by atoms with van der Waals surface area (Å²) in [4.78, 5) is 22.2. The van der Waals surface area contributed by atoms with E-state index in [1.807, 2.05) is 38.1 Å². The number of amides is 1. The van der Waals surface area contributed by atoms with E-state index in [9.17, 15) is 9.18 Å². The van der Waals surface area contributed by atoms with Crippen LogP contribution < -0.4 is 11.1 Å². The lowest BCUT2D eigenvalue weighted by molar-refractivity contribution is 0.0941. The molecule has 6 nitrogen and oxygen atoms in total. The first-order valence-corrected chi connectivity index (χ1v) is 9.13. The fraction of sp³-hybridized carbons (Fsp3) is 0.190. The molecule has 0 aliphatic heterocycles. The smallest absolute Gasteiger partial charge is 0.257 e. The van der Waals surface area contributed by atoms with Crippen LogP contribution in [-0.2, 0) is 0 Å². The van der Waals surface area contributed by atoms with Crippen molar-refractivity contribution in [1.29, 1.82) is 0 Å². The van der Waals surface area contributed by atoms with E-state index in [2.05, 4.69) is 15.3 Å². The fourth-order valence-electron chi connectivity index (χ4n) is 3.16. The first-order valence-electron chi connectivity index (χ1n) is 9.13. The van der Waals surface area contributed by atoms with Gasteiger partial charge in [0, 0.05) is 6.04 Å². The van der Waals surface area contributed by atoms with E-state index >= 15 is 0 Å². The van der Waals surface area contributed by atoms with Crippen molar-refractivity contribution in [3.05, 3.63) is 59.9 Å². The van der Waals surface area contributed by atoms with Crippen LogP contribution in [0.1, 0.15) is 30.6 Å². The zero-order valence-electron chi connectivity index (χ0n) is 15.6. The summed E-state index contributed by atoms with van der Waals surface area (Å²) in [5, 5.41) is 2.91. The van der Waals surface area contributed by atoms with Crippen LogP contribution >= 0.6 is 0 Å². The zero-order valence-corrected chi connectivity index (χ0v) is 15.6. The van der Waals surface area contributed by atoms with Crippen molar-refractivity contribution < 1.29 is 9.18 Å². The molecule has 7 heteroatoms. The van der Waals surface area contributed by atoms with E-state index in [-0.39, 0.29) is 29.0 Å². The molecule has 0 radical (unpaired) electrons. The average Bonchev–Trinajstić information content (AvgIpc) is 2.97. The molecule has 2 aromatic carbocycles. The molecule has 28 heavy (non-hydrogen) atoms. The second-order valence-corrected chi connectivity index (χ2v) is 6.71. The summed E-state index contributed by atoms with van der Waals surface area (Å²) in [5.74, 6) is -0.706. The Balaban J connectivity index is 2.06. The first-order chi connectivity index (χ1) is 13.5. The van der Waals surface area contributed by atoms with Gasteiger partial charge >= 0.3 is 0 Å². The van der Waals surface area contributed by atoms with E-state index in [1.165, 1.54) is 10.6 Å². The molecule has 0 spiro atoms. The van der Waals surface area contributed by atoms with Gasteiger partial charge in [-0.25, -0.2) is 14.4 Å². The summed E-state index contributed by atoms with van der Waals surface area (Å²) in [6.45, 7) is 3.88. The van der Waals surface area contributed by atoms with Crippen LogP contribution in [0.3, 0.4) is 0 Å². The largest absolute Gasteiger partial charge is 0.384 e. The summed E-state index contributed by atoms with van der Waals surface area (Å²) < 4.78 is 16.0. The van der Waals surface area contributed by atoms with Gasteiger partial charge in [0.15, 0.2) is 5.65 Å². The Kier molecular flexibility index (Phi) is 4.43. The minimum Gasteiger partial charge on any atom is -0.384 e. The number of nitrogens with zero attached hydrogens (tertiary/aromatic N) is 3. The molecule has 2 heterocycles. The van der Waals surface area contributed by atoms with E-state index in [1.54, 1.807) is 18.2 Å². The quantitative estimate of drug-likeness (QED) is 0.566. The highest BCUT2D eigenvalue weighted by atomic mass is 19.1. The molecule has 0 saturated carbocycles. The topological polar surface area (TPSA) is 85.8 Å². The zero-order chi connectivity index (χ0) is 19.8. The molecule has 4 rings (SSSR count). The molecule has 0 bridgehead atoms. The molecule has 4 aromatic rings.